The van der Waals surface area contributed by atoms with Crippen molar-refractivity contribution in [2.24, 2.45) is 0 Å². The highest BCUT2D eigenvalue weighted by Crippen LogP contribution is 2.20. The van der Waals surface area contributed by atoms with Crippen molar-refractivity contribution in [3.05, 3.63) is 36.0 Å². The minimum Gasteiger partial charge on any atom is -0.298 e. The molecule has 1 aliphatic rings. The zero-order chi connectivity index (χ0) is 8.32. The molecule has 58 valence electrons. The molecule has 0 bridgehead atoms. The van der Waals surface area contributed by atoms with E-state index in [0.29, 0.717) is 5.57 Å². The summed E-state index contributed by atoms with van der Waals surface area (Å²) in [5, 5.41) is 0. The molecule has 0 heterocycles. The van der Waals surface area contributed by atoms with E-state index in [-0.39, 0.29) is 0 Å². The van der Waals surface area contributed by atoms with Gasteiger partial charge in [-0.3, -0.25) is 4.79 Å². The molecule has 0 radical (unpaired) electrons. The van der Waals surface area contributed by atoms with Gasteiger partial charge < -0.3 is 0 Å². The number of alkyl halides is 1. The van der Waals surface area contributed by atoms with E-state index < -0.39 is 4.87 Å². The molecule has 0 spiro atoms. The Hall–Kier alpha value is -0.820. The van der Waals surface area contributed by atoms with Gasteiger partial charge in [-0.15, -0.1) is 11.6 Å². The summed E-state index contributed by atoms with van der Waals surface area (Å²) >= 11 is 5.98. The molecule has 0 aromatic heterocycles. The molecule has 0 amide bonds. The minimum atomic E-state index is -0.457. The van der Waals surface area contributed by atoms with Crippen LogP contribution in [0.15, 0.2) is 36.0 Å². The lowest BCUT2D eigenvalue weighted by atomic mass is 10.1. The normalized spacial score (nSPS) is 29.5. The van der Waals surface area contributed by atoms with E-state index in [2.05, 4.69) is 0 Å². The first-order valence-corrected chi connectivity index (χ1v) is 3.75. The maximum absolute atomic E-state index is 10.3. The molecule has 0 fully saturated rings. The zero-order valence-electron chi connectivity index (χ0n) is 6.25. The third kappa shape index (κ3) is 2.35. The fraction of sp³-hybridized carbons (Fsp3) is 0.222. The number of hydrogen-bond acceptors (Lipinski definition) is 1. The Kier molecular flexibility index (Phi) is 2.30. The van der Waals surface area contributed by atoms with E-state index in [1.165, 1.54) is 0 Å². The van der Waals surface area contributed by atoms with Crippen molar-refractivity contribution in [2.75, 3.05) is 0 Å². The van der Waals surface area contributed by atoms with Crippen molar-refractivity contribution in [1.29, 1.82) is 0 Å². The Labute approximate surface area is 71.0 Å². The Bertz CT molecular complexity index is 246. The van der Waals surface area contributed by atoms with E-state index >= 15 is 0 Å². The third-order valence-corrected chi connectivity index (χ3v) is 1.70. The number of halogens is 1. The summed E-state index contributed by atoms with van der Waals surface area (Å²) < 4.78 is 0. The monoisotopic (exact) mass is 168 g/mol. The van der Waals surface area contributed by atoms with Crippen molar-refractivity contribution in [2.45, 2.75) is 11.8 Å². The number of hydrogen-bond donors (Lipinski definition) is 0. The summed E-state index contributed by atoms with van der Waals surface area (Å²) in [5.41, 5.74) is 0.644. The average molecular weight is 169 g/mol. The second kappa shape index (κ2) is 3.05. The summed E-state index contributed by atoms with van der Waals surface area (Å²) in [7, 11) is 0. The number of rotatable bonds is 1. The molecule has 1 atom stereocenters. The molecule has 1 unspecified atom stereocenters. The van der Waals surface area contributed by atoms with Crippen LogP contribution in [-0.4, -0.2) is 11.2 Å². The Morgan fingerprint density at radius 1 is 1.55 bits per heavy atom. The lowest BCUT2D eigenvalue weighted by Crippen LogP contribution is -2.06. The van der Waals surface area contributed by atoms with Crippen LogP contribution in [0.4, 0.5) is 0 Å². The fourth-order valence-corrected chi connectivity index (χ4v) is 0.932. The summed E-state index contributed by atoms with van der Waals surface area (Å²) in [4.78, 5) is 9.87. The molecule has 1 nitrogen and oxygen atoms in total. The lowest BCUT2D eigenvalue weighted by Gasteiger charge is -2.08. The fourth-order valence-electron chi connectivity index (χ4n) is 0.796. The van der Waals surface area contributed by atoms with E-state index in [9.17, 15) is 4.79 Å². The van der Waals surface area contributed by atoms with Gasteiger partial charge in [0.05, 0.1) is 4.87 Å². The topological polar surface area (TPSA) is 17.1 Å². The molecule has 0 saturated heterocycles. The summed E-state index contributed by atoms with van der Waals surface area (Å²) in [5.74, 6) is 0. The highest BCUT2D eigenvalue weighted by molar-refractivity contribution is 6.26. The van der Waals surface area contributed by atoms with Gasteiger partial charge in [0.1, 0.15) is 6.29 Å². The van der Waals surface area contributed by atoms with Crippen LogP contribution in [0.2, 0.25) is 0 Å². The van der Waals surface area contributed by atoms with Crippen LogP contribution in [0.5, 0.6) is 0 Å². The lowest BCUT2D eigenvalue weighted by molar-refractivity contribution is -0.104. The molecule has 0 saturated carbocycles. The SMILES string of the molecule is CC1(Cl)C=CC=C(C=O)C=C1. The molecule has 0 N–H and O–H groups in total. The van der Waals surface area contributed by atoms with Gasteiger partial charge in [0.25, 0.3) is 0 Å². The molecule has 0 aromatic carbocycles. The van der Waals surface area contributed by atoms with Crippen LogP contribution in [0.25, 0.3) is 0 Å². The summed E-state index contributed by atoms with van der Waals surface area (Å²) in [6.07, 6.45) is 9.67. The Morgan fingerprint density at radius 2 is 2.27 bits per heavy atom. The summed E-state index contributed by atoms with van der Waals surface area (Å²) in [6.45, 7) is 1.86. The largest absolute Gasteiger partial charge is 0.298 e. The van der Waals surface area contributed by atoms with Gasteiger partial charge in [-0.25, -0.2) is 0 Å². The minimum absolute atomic E-state index is 0.457. The van der Waals surface area contributed by atoms with Crippen molar-refractivity contribution < 1.29 is 4.79 Å². The summed E-state index contributed by atoms with van der Waals surface area (Å²) in [6, 6.07) is 0. The molecule has 11 heavy (non-hydrogen) atoms. The zero-order valence-corrected chi connectivity index (χ0v) is 7.01. The van der Waals surface area contributed by atoms with Gasteiger partial charge in [-0.2, -0.15) is 0 Å². The van der Waals surface area contributed by atoms with Crippen LogP contribution >= 0.6 is 11.6 Å². The second-order valence-electron chi connectivity index (χ2n) is 2.63. The molecule has 0 aliphatic heterocycles. The number of allylic oxidation sites excluding steroid dienone is 6. The first-order chi connectivity index (χ1) is 5.14. The second-order valence-corrected chi connectivity index (χ2v) is 3.44. The van der Waals surface area contributed by atoms with Crippen LogP contribution in [0.1, 0.15) is 6.92 Å². The van der Waals surface area contributed by atoms with Crippen LogP contribution in [-0.2, 0) is 4.79 Å². The maximum Gasteiger partial charge on any atom is 0.150 e. The predicted octanol–water partition coefficient (Wildman–Crippen LogP) is 2.24. The molecular weight excluding hydrogens is 160 g/mol. The highest BCUT2D eigenvalue weighted by atomic mass is 35.5. The molecule has 0 aromatic rings. The van der Waals surface area contributed by atoms with Crippen LogP contribution in [0.3, 0.4) is 0 Å². The average Bonchev–Trinajstić information content (AvgIpc) is 2.10. The van der Waals surface area contributed by atoms with E-state index in [1.807, 2.05) is 13.0 Å². The smallest absolute Gasteiger partial charge is 0.150 e. The standard InChI is InChI=1S/C9H9ClO/c1-9(10)5-2-3-8(7-11)4-6-9/h2-7H,1H3. The predicted molar refractivity (Wildman–Crippen MR) is 46.7 cm³/mol. The Balaban J connectivity index is 2.91. The number of aldehydes is 1. The Morgan fingerprint density at radius 3 is 2.91 bits per heavy atom. The molecule has 1 rings (SSSR count). The quantitative estimate of drug-likeness (QED) is 0.434. The van der Waals surface area contributed by atoms with E-state index in [0.717, 1.165) is 6.29 Å². The third-order valence-electron chi connectivity index (χ3n) is 1.45. The van der Waals surface area contributed by atoms with Crippen molar-refractivity contribution in [3.8, 4) is 0 Å². The first kappa shape index (κ1) is 8.28. The van der Waals surface area contributed by atoms with Gasteiger partial charge in [0, 0.05) is 5.57 Å². The number of carbonyl (C=O) groups is 1. The molecule has 1 aliphatic carbocycles. The van der Waals surface area contributed by atoms with Gasteiger partial charge in [-0.05, 0) is 6.92 Å². The van der Waals surface area contributed by atoms with Gasteiger partial charge in [-0.1, -0.05) is 30.4 Å². The van der Waals surface area contributed by atoms with Gasteiger partial charge in [0.15, 0.2) is 0 Å². The van der Waals surface area contributed by atoms with E-state index in [4.69, 9.17) is 11.6 Å². The van der Waals surface area contributed by atoms with Crippen molar-refractivity contribution in [3.63, 3.8) is 0 Å². The molecule has 2 heteroatoms. The van der Waals surface area contributed by atoms with Crippen molar-refractivity contribution >= 4 is 17.9 Å². The number of carbonyl (C=O) groups excluding carboxylic acids is 1. The van der Waals surface area contributed by atoms with Gasteiger partial charge >= 0.3 is 0 Å². The maximum atomic E-state index is 10.3. The van der Waals surface area contributed by atoms with Gasteiger partial charge in [0.2, 0.25) is 0 Å². The van der Waals surface area contributed by atoms with E-state index in [1.54, 1.807) is 24.3 Å². The van der Waals surface area contributed by atoms with Crippen LogP contribution in [0, 0.1) is 0 Å². The van der Waals surface area contributed by atoms with Crippen LogP contribution < -0.4 is 0 Å². The first-order valence-electron chi connectivity index (χ1n) is 3.37. The molecular formula is C9H9ClO. The van der Waals surface area contributed by atoms with Crippen molar-refractivity contribution in [1.82, 2.24) is 0 Å². The highest BCUT2D eigenvalue weighted by Gasteiger charge is 2.12.